The van der Waals surface area contributed by atoms with E-state index in [0.717, 1.165) is 6.42 Å². The summed E-state index contributed by atoms with van der Waals surface area (Å²) in [5, 5.41) is 0. The van der Waals surface area contributed by atoms with Crippen LogP contribution in [0.5, 0.6) is 0 Å². The number of rotatable bonds is 4. The third-order valence-electron chi connectivity index (χ3n) is 2.81. The molecule has 2 nitrogen and oxygen atoms in total. The number of hydrogen-bond acceptors (Lipinski definition) is 2. The van der Waals surface area contributed by atoms with Crippen molar-refractivity contribution in [1.82, 2.24) is 0 Å². The van der Waals surface area contributed by atoms with Crippen LogP contribution in [-0.2, 0) is 4.74 Å². The molecule has 0 aliphatic carbocycles. The van der Waals surface area contributed by atoms with Crippen molar-refractivity contribution in [2.24, 2.45) is 5.73 Å². The van der Waals surface area contributed by atoms with Crippen LogP contribution in [0.2, 0.25) is 0 Å². The molecule has 1 rings (SSSR count). The molecular formula is C13H21NO. The first-order valence-corrected chi connectivity index (χ1v) is 5.40. The van der Waals surface area contributed by atoms with Gasteiger partial charge in [0.25, 0.3) is 0 Å². The molecular weight excluding hydrogens is 186 g/mol. The first-order valence-electron chi connectivity index (χ1n) is 5.40. The van der Waals surface area contributed by atoms with Crippen molar-refractivity contribution in [1.29, 1.82) is 0 Å². The van der Waals surface area contributed by atoms with Gasteiger partial charge in [-0.25, -0.2) is 0 Å². The number of hydrogen-bond donors (Lipinski definition) is 1. The van der Waals surface area contributed by atoms with Crippen LogP contribution in [0.25, 0.3) is 0 Å². The van der Waals surface area contributed by atoms with Crippen LogP contribution in [0.1, 0.15) is 36.1 Å². The highest BCUT2D eigenvalue weighted by molar-refractivity contribution is 5.32. The van der Waals surface area contributed by atoms with Crippen molar-refractivity contribution in [2.45, 2.75) is 39.3 Å². The molecule has 0 saturated carbocycles. The molecule has 2 N–H and O–H groups in total. The van der Waals surface area contributed by atoms with Crippen molar-refractivity contribution in [3.8, 4) is 0 Å². The Morgan fingerprint density at radius 3 is 2.53 bits per heavy atom. The summed E-state index contributed by atoms with van der Waals surface area (Å²) in [4.78, 5) is 0. The summed E-state index contributed by atoms with van der Waals surface area (Å²) in [7, 11) is 1.72. The fraction of sp³-hybridized carbons (Fsp3) is 0.538. The summed E-state index contributed by atoms with van der Waals surface area (Å²) in [6, 6.07) is 6.48. The number of ether oxygens (including phenoxy) is 1. The molecule has 0 amide bonds. The van der Waals surface area contributed by atoms with Gasteiger partial charge in [0.1, 0.15) is 0 Å². The fourth-order valence-electron chi connectivity index (χ4n) is 1.82. The number of benzene rings is 1. The van der Waals surface area contributed by atoms with E-state index in [2.05, 4.69) is 32.0 Å². The van der Waals surface area contributed by atoms with E-state index in [1.807, 2.05) is 6.92 Å². The zero-order chi connectivity index (χ0) is 11.4. The molecule has 0 bridgehead atoms. The van der Waals surface area contributed by atoms with E-state index in [9.17, 15) is 0 Å². The van der Waals surface area contributed by atoms with Crippen molar-refractivity contribution >= 4 is 0 Å². The van der Waals surface area contributed by atoms with Gasteiger partial charge in [0.2, 0.25) is 0 Å². The Hall–Kier alpha value is -0.860. The molecule has 0 spiro atoms. The highest BCUT2D eigenvalue weighted by Gasteiger charge is 2.12. The van der Waals surface area contributed by atoms with Crippen molar-refractivity contribution in [3.63, 3.8) is 0 Å². The lowest BCUT2D eigenvalue weighted by Crippen LogP contribution is -2.19. The molecule has 2 heteroatoms. The lowest BCUT2D eigenvalue weighted by molar-refractivity contribution is 0.104. The Labute approximate surface area is 92.4 Å². The smallest absolute Gasteiger partial charge is 0.0561 e. The first kappa shape index (κ1) is 12.2. The minimum Gasteiger partial charge on any atom is -0.382 e. The van der Waals surface area contributed by atoms with Gasteiger partial charge in [0, 0.05) is 13.2 Å². The Kier molecular flexibility index (Phi) is 4.30. The third-order valence-corrected chi connectivity index (χ3v) is 2.81. The summed E-state index contributed by atoms with van der Waals surface area (Å²) >= 11 is 0. The van der Waals surface area contributed by atoms with Crippen LogP contribution in [0.3, 0.4) is 0 Å². The SMILES string of the molecule is COC(C)CC(N)c1ccc(C)cc1C. The summed E-state index contributed by atoms with van der Waals surface area (Å²) in [6.07, 6.45) is 1.07. The van der Waals surface area contributed by atoms with E-state index >= 15 is 0 Å². The van der Waals surface area contributed by atoms with E-state index in [4.69, 9.17) is 10.5 Å². The standard InChI is InChI=1S/C13H21NO/c1-9-5-6-12(10(2)7-9)13(14)8-11(3)15-4/h5-7,11,13H,8,14H2,1-4H3. The highest BCUT2D eigenvalue weighted by atomic mass is 16.5. The Morgan fingerprint density at radius 2 is 2.00 bits per heavy atom. The average Bonchev–Trinajstić information content (AvgIpc) is 2.17. The van der Waals surface area contributed by atoms with Gasteiger partial charge >= 0.3 is 0 Å². The molecule has 15 heavy (non-hydrogen) atoms. The maximum atomic E-state index is 6.14. The van der Waals surface area contributed by atoms with Gasteiger partial charge in [0.05, 0.1) is 6.10 Å². The molecule has 0 heterocycles. The van der Waals surface area contributed by atoms with Gasteiger partial charge in [-0.05, 0) is 38.3 Å². The Bertz CT molecular complexity index is 322. The van der Waals surface area contributed by atoms with Crippen LogP contribution in [0, 0.1) is 13.8 Å². The molecule has 1 aromatic rings. The normalized spacial score (nSPS) is 15.0. The second kappa shape index (κ2) is 5.29. The van der Waals surface area contributed by atoms with Gasteiger partial charge in [-0.2, -0.15) is 0 Å². The molecule has 0 fully saturated rings. The monoisotopic (exact) mass is 207 g/mol. The summed E-state index contributed by atoms with van der Waals surface area (Å²) in [6.45, 7) is 6.25. The topological polar surface area (TPSA) is 35.2 Å². The van der Waals surface area contributed by atoms with Gasteiger partial charge in [0.15, 0.2) is 0 Å². The summed E-state index contributed by atoms with van der Waals surface area (Å²) in [5.41, 5.74) is 9.92. The van der Waals surface area contributed by atoms with Crippen LogP contribution in [0.15, 0.2) is 18.2 Å². The van der Waals surface area contributed by atoms with Crippen molar-refractivity contribution in [3.05, 3.63) is 34.9 Å². The van der Waals surface area contributed by atoms with Gasteiger partial charge < -0.3 is 10.5 Å². The molecule has 2 unspecified atom stereocenters. The largest absolute Gasteiger partial charge is 0.382 e. The second-order valence-corrected chi connectivity index (χ2v) is 4.25. The molecule has 0 saturated heterocycles. The lowest BCUT2D eigenvalue weighted by Gasteiger charge is -2.18. The fourth-order valence-corrected chi connectivity index (χ4v) is 1.82. The van der Waals surface area contributed by atoms with E-state index < -0.39 is 0 Å². The van der Waals surface area contributed by atoms with E-state index in [1.165, 1.54) is 16.7 Å². The van der Waals surface area contributed by atoms with Gasteiger partial charge in [-0.15, -0.1) is 0 Å². The van der Waals surface area contributed by atoms with Crippen LogP contribution in [-0.4, -0.2) is 13.2 Å². The quantitative estimate of drug-likeness (QED) is 0.824. The lowest BCUT2D eigenvalue weighted by atomic mass is 9.96. The Balaban J connectivity index is 2.77. The molecule has 0 radical (unpaired) electrons. The molecule has 0 aliphatic heterocycles. The van der Waals surface area contributed by atoms with E-state index in [1.54, 1.807) is 7.11 Å². The summed E-state index contributed by atoms with van der Waals surface area (Å²) < 4.78 is 5.23. The first-order chi connectivity index (χ1) is 7.04. The maximum Gasteiger partial charge on any atom is 0.0561 e. The second-order valence-electron chi connectivity index (χ2n) is 4.25. The zero-order valence-electron chi connectivity index (χ0n) is 10.1. The van der Waals surface area contributed by atoms with Crippen molar-refractivity contribution in [2.75, 3.05) is 7.11 Å². The highest BCUT2D eigenvalue weighted by Crippen LogP contribution is 2.21. The minimum absolute atomic E-state index is 0.0700. The van der Waals surface area contributed by atoms with Crippen LogP contribution < -0.4 is 5.73 Å². The molecule has 84 valence electrons. The van der Waals surface area contributed by atoms with Gasteiger partial charge in [-0.1, -0.05) is 23.8 Å². The van der Waals surface area contributed by atoms with Crippen LogP contribution >= 0.6 is 0 Å². The van der Waals surface area contributed by atoms with E-state index in [0.29, 0.717) is 0 Å². The predicted molar refractivity (Wildman–Crippen MR) is 63.9 cm³/mol. The molecule has 1 aromatic carbocycles. The van der Waals surface area contributed by atoms with Crippen molar-refractivity contribution < 1.29 is 4.74 Å². The molecule has 0 aliphatic rings. The molecule has 0 aromatic heterocycles. The minimum atomic E-state index is 0.0700. The summed E-state index contributed by atoms with van der Waals surface area (Å²) in [5.74, 6) is 0. The van der Waals surface area contributed by atoms with Gasteiger partial charge in [-0.3, -0.25) is 0 Å². The van der Waals surface area contributed by atoms with E-state index in [-0.39, 0.29) is 12.1 Å². The molecule has 2 atom stereocenters. The van der Waals surface area contributed by atoms with Crippen LogP contribution in [0.4, 0.5) is 0 Å². The average molecular weight is 207 g/mol. The maximum absolute atomic E-state index is 6.14. The number of methoxy groups -OCH3 is 1. The predicted octanol–water partition coefficient (Wildman–Crippen LogP) is 2.73. The number of nitrogens with two attached hydrogens (primary N) is 1. The third kappa shape index (κ3) is 3.33. The zero-order valence-corrected chi connectivity index (χ0v) is 10.1. The Morgan fingerprint density at radius 1 is 1.33 bits per heavy atom. The number of aryl methyl sites for hydroxylation is 2.